The van der Waals surface area contributed by atoms with Gasteiger partial charge in [0, 0.05) is 31.7 Å². The molecule has 3 atom stereocenters. The van der Waals surface area contributed by atoms with Gasteiger partial charge in [-0.1, -0.05) is 6.92 Å². The zero-order valence-corrected chi connectivity index (χ0v) is 10.9. The van der Waals surface area contributed by atoms with E-state index in [9.17, 15) is 0 Å². The largest absolute Gasteiger partial charge is 0.379 e. The van der Waals surface area contributed by atoms with Gasteiger partial charge in [0.05, 0.1) is 19.3 Å². The van der Waals surface area contributed by atoms with Gasteiger partial charge < -0.3 is 20.1 Å². The van der Waals surface area contributed by atoms with E-state index >= 15 is 0 Å². The molecular weight excluding hydrogens is 216 g/mol. The SMILES string of the molecule is CCCOC1CCCN(CC2COCC2N)C1. The van der Waals surface area contributed by atoms with Gasteiger partial charge in [-0.2, -0.15) is 0 Å². The first-order chi connectivity index (χ1) is 8.29. The molecule has 2 aliphatic heterocycles. The second kappa shape index (κ2) is 6.69. The highest BCUT2D eigenvalue weighted by Crippen LogP contribution is 2.18. The maximum absolute atomic E-state index is 6.03. The number of nitrogens with zero attached hydrogens (tertiary/aromatic N) is 1. The summed E-state index contributed by atoms with van der Waals surface area (Å²) in [6, 6.07) is 0.229. The van der Waals surface area contributed by atoms with Crippen LogP contribution in [-0.4, -0.2) is 56.5 Å². The lowest BCUT2D eigenvalue weighted by atomic mass is 10.0. The Hall–Kier alpha value is -0.160. The molecule has 2 N–H and O–H groups in total. The van der Waals surface area contributed by atoms with E-state index in [1.807, 2.05) is 0 Å². The van der Waals surface area contributed by atoms with Crippen LogP contribution in [0.5, 0.6) is 0 Å². The smallest absolute Gasteiger partial charge is 0.0702 e. The van der Waals surface area contributed by atoms with E-state index in [1.54, 1.807) is 0 Å². The van der Waals surface area contributed by atoms with Gasteiger partial charge in [0.1, 0.15) is 0 Å². The van der Waals surface area contributed by atoms with Crippen molar-refractivity contribution in [2.45, 2.75) is 38.3 Å². The molecule has 3 unspecified atom stereocenters. The molecule has 4 nitrogen and oxygen atoms in total. The second-order valence-corrected chi connectivity index (χ2v) is 5.36. The lowest BCUT2D eigenvalue weighted by Gasteiger charge is -2.34. The summed E-state index contributed by atoms with van der Waals surface area (Å²) in [5.74, 6) is 0.514. The predicted molar refractivity (Wildman–Crippen MR) is 68.0 cm³/mol. The molecule has 2 fully saturated rings. The average molecular weight is 242 g/mol. The number of piperidine rings is 1. The molecule has 0 aromatic heterocycles. The zero-order chi connectivity index (χ0) is 12.1. The summed E-state index contributed by atoms with van der Waals surface area (Å²) in [5, 5.41) is 0. The minimum absolute atomic E-state index is 0.229. The predicted octanol–water partition coefficient (Wildman–Crippen LogP) is 0.851. The molecular formula is C13H26N2O2. The molecule has 0 bridgehead atoms. The van der Waals surface area contributed by atoms with E-state index < -0.39 is 0 Å². The van der Waals surface area contributed by atoms with Crippen LogP contribution in [0.4, 0.5) is 0 Å². The molecule has 0 amide bonds. The fourth-order valence-corrected chi connectivity index (χ4v) is 2.73. The van der Waals surface area contributed by atoms with Crippen LogP contribution in [0.1, 0.15) is 26.2 Å². The van der Waals surface area contributed by atoms with Crippen LogP contribution in [0.15, 0.2) is 0 Å². The fourth-order valence-electron chi connectivity index (χ4n) is 2.73. The second-order valence-electron chi connectivity index (χ2n) is 5.36. The Kier molecular flexibility index (Phi) is 5.22. The van der Waals surface area contributed by atoms with Crippen molar-refractivity contribution in [3.63, 3.8) is 0 Å². The minimum atomic E-state index is 0.229. The fraction of sp³-hybridized carbons (Fsp3) is 1.00. The van der Waals surface area contributed by atoms with E-state index in [1.165, 1.54) is 19.4 Å². The van der Waals surface area contributed by atoms with Gasteiger partial charge in [0.2, 0.25) is 0 Å². The van der Waals surface area contributed by atoms with E-state index in [-0.39, 0.29) is 6.04 Å². The van der Waals surface area contributed by atoms with Crippen molar-refractivity contribution in [3.05, 3.63) is 0 Å². The van der Waals surface area contributed by atoms with Gasteiger partial charge in [-0.3, -0.25) is 0 Å². The molecule has 0 spiro atoms. The normalized spacial score (nSPS) is 35.3. The molecule has 0 radical (unpaired) electrons. The first-order valence-electron chi connectivity index (χ1n) is 6.97. The van der Waals surface area contributed by atoms with Crippen molar-refractivity contribution in [2.24, 2.45) is 11.7 Å². The number of likely N-dealkylation sites (tertiary alicyclic amines) is 1. The van der Waals surface area contributed by atoms with Crippen LogP contribution in [0.2, 0.25) is 0 Å². The number of hydrogen-bond donors (Lipinski definition) is 1. The molecule has 0 aromatic rings. The van der Waals surface area contributed by atoms with Gasteiger partial charge >= 0.3 is 0 Å². The van der Waals surface area contributed by atoms with E-state index in [0.717, 1.165) is 39.3 Å². The third kappa shape index (κ3) is 3.91. The van der Waals surface area contributed by atoms with Gasteiger partial charge in [0.25, 0.3) is 0 Å². The van der Waals surface area contributed by atoms with E-state index in [0.29, 0.717) is 12.0 Å². The van der Waals surface area contributed by atoms with E-state index in [2.05, 4.69) is 11.8 Å². The number of rotatable bonds is 5. The highest BCUT2D eigenvalue weighted by molar-refractivity contribution is 4.83. The standard InChI is InChI=1S/C13H26N2O2/c1-2-6-17-12-4-3-5-15(8-12)7-11-9-16-10-13(11)14/h11-13H,2-10,14H2,1H3. The molecule has 0 aromatic carbocycles. The Bertz CT molecular complexity index is 225. The van der Waals surface area contributed by atoms with Crippen LogP contribution in [0, 0.1) is 5.92 Å². The number of nitrogens with two attached hydrogens (primary N) is 1. The monoisotopic (exact) mass is 242 g/mol. The van der Waals surface area contributed by atoms with Crippen LogP contribution in [0.3, 0.4) is 0 Å². The third-order valence-electron chi connectivity index (χ3n) is 3.76. The van der Waals surface area contributed by atoms with Crippen LogP contribution in [-0.2, 0) is 9.47 Å². The van der Waals surface area contributed by atoms with Crippen LogP contribution in [0.25, 0.3) is 0 Å². The number of hydrogen-bond acceptors (Lipinski definition) is 4. The summed E-state index contributed by atoms with van der Waals surface area (Å²) in [5.41, 5.74) is 6.03. The Morgan fingerprint density at radius 2 is 2.29 bits per heavy atom. The summed E-state index contributed by atoms with van der Waals surface area (Å²) < 4.78 is 11.3. The minimum Gasteiger partial charge on any atom is -0.379 e. The Morgan fingerprint density at radius 1 is 1.41 bits per heavy atom. The van der Waals surface area contributed by atoms with Crippen molar-refractivity contribution >= 4 is 0 Å². The van der Waals surface area contributed by atoms with Gasteiger partial charge in [0.15, 0.2) is 0 Å². The first kappa shape index (κ1) is 13.3. The summed E-state index contributed by atoms with van der Waals surface area (Å²) in [6.45, 7) is 7.96. The topological polar surface area (TPSA) is 47.7 Å². The van der Waals surface area contributed by atoms with Crippen molar-refractivity contribution in [3.8, 4) is 0 Å². The van der Waals surface area contributed by atoms with Gasteiger partial charge in [-0.15, -0.1) is 0 Å². The quantitative estimate of drug-likeness (QED) is 0.776. The maximum Gasteiger partial charge on any atom is 0.0702 e. The summed E-state index contributed by atoms with van der Waals surface area (Å²) >= 11 is 0. The Balaban J connectivity index is 1.73. The molecule has 4 heteroatoms. The van der Waals surface area contributed by atoms with E-state index in [4.69, 9.17) is 15.2 Å². The zero-order valence-electron chi connectivity index (χ0n) is 10.9. The van der Waals surface area contributed by atoms with Crippen LogP contribution < -0.4 is 5.73 Å². The number of ether oxygens (including phenoxy) is 2. The summed E-state index contributed by atoms with van der Waals surface area (Å²) in [7, 11) is 0. The summed E-state index contributed by atoms with van der Waals surface area (Å²) in [6.07, 6.45) is 4.00. The van der Waals surface area contributed by atoms with Crippen molar-refractivity contribution in [2.75, 3.05) is 39.5 Å². The third-order valence-corrected chi connectivity index (χ3v) is 3.76. The summed E-state index contributed by atoms with van der Waals surface area (Å²) in [4.78, 5) is 2.50. The Labute approximate surface area is 104 Å². The highest BCUT2D eigenvalue weighted by atomic mass is 16.5. The highest BCUT2D eigenvalue weighted by Gasteiger charge is 2.29. The molecule has 2 heterocycles. The molecule has 2 aliphatic rings. The molecule has 2 saturated heterocycles. The maximum atomic E-state index is 6.03. The lowest BCUT2D eigenvalue weighted by molar-refractivity contribution is -0.00455. The van der Waals surface area contributed by atoms with Gasteiger partial charge in [-0.05, 0) is 25.8 Å². The lowest BCUT2D eigenvalue weighted by Crippen LogP contribution is -2.45. The van der Waals surface area contributed by atoms with Crippen molar-refractivity contribution in [1.29, 1.82) is 0 Å². The van der Waals surface area contributed by atoms with Crippen molar-refractivity contribution < 1.29 is 9.47 Å². The Morgan fingerprint density at radius 3 is 3.00 bits per heavy atom. The molecule has 17 heavy (non-hydrogen) atoms. The molecule has 2 rings (SSSR count). The first-order valence-corrected chi connectivity index (χ1v) is 6.97. The molecule has 0 saturated carbocycles. The average Bonchev–Trinajstić information content (AvgIpc) is 2.73. The molecule has 0 aliphatic carbocycles. The van der Waals surface area contributed by atoms with Crippen molar-refractivity contribution in [1.82, 2.24) is 4.90 Å². The molecule has 100 valence electrons. The van der Waals surface area contributed by atoms with Crippen LogP contribution >= 0.6 is 0 Å². The van der Waals surface area contributed by atoms with Gasteiger partial charge in [-0.25, -0.2) is 0 Å².